The summed E-state index contributed by atoms with van der Waals surface area (Å²) in [7, 11) is 1.56. The molecule has 29 heavy (non-hydrogen) atoms. The summed E-state index contributed by atoms with van der Waals surface area (Å²) in [6, 6.07) is 11.6. The van der Waals surface area contributed by atoms with Gasteiger partial charge in [-0.1, -0.05) is 18.2 Å². The zero-order valence-corrected chi connectivity index (χ0v) is 15.7. The highest BCUT2D eigenvalue weighted by Crippen LogP contribution is 2.27. The number of anilines is 1. The average Bonchev–Trinajstić information content (AvgIpc) is 2.79. The minimum Gasteiger partial charge on any atom is -0.465 e. The molecule has 1 aliphatic heterocycles. The highest BCUT2D eigenvalue weighted by Gasteiger charge is 2.32. The molecule has 2 aromatic carbocycles. The molecule has 0 aromatic heterocycles. The highest BCUT2D eigenvalue weighted by atomic mass is 19.1. The molecule has 3 N–H and O–H groups in total. The van der Waals surface area contributed by atoms with Gasteiger partial charge in [0.1, 0.15) is 11.9 Å². The molecule has 0 saturated heterocycles. The fourth-order valence-corrected chi connectivity index (χ4v) is 2.96. The second-order valence-corrected chi connectivity index (χ2v) is 6.48. The van der Waals surface area contributed by atoms with Gasteiger partial charge in [0.25, 0.3) is 5.91 Å². The summed E-state index contributed by atoms with van der Waals surface area (Å²) >= 11 is 0. The molecule has 150 valence electrons. The van der Waals surface area contributed by atoms with Crippen LogP contribution in [0.1, 0.15) is 18.1 Å². The lowest BCUT2D eigenvalue weighted by Crippen LogP contribution is -2.52. The quantitative estimate of drug-likeness (QED) is 0.728. The second-order valence-electron chi connectivity index (χ2n) is 6.48. The predicted octanol–water partition coefficient (Wildman–Crippen LogP) is 1.74. The van der Waals surface area contributed by atoms with Crippen molar-refractivity contribution in [3.05, 3.63) is 65.5 Å². The Morgan fingerprint density at radius 3 is 2.48 bits per heavy atom. The smallest absolute Gasteiger partial charge is 0.405 e. The number of carboxylic acid groups (broad SMARTS) is 1. The first-order chi connectivity index (χ1) is 13.8. The van der Waals surface area contributed by atoms with E-state index < -0.39 is 35.9 Å². The minimum atomic E-state index is -1.36. The molecule has 0 saturated carbocycles. The molecular weight excluding hydrogens is 379 g/mol. The third-order valence-corrected chi connectivity index (χ3v) is 4.47. The fourth-order valence-electron chi connectivity index (χ4n) is 2.96. The number of amides is 3. The van der Waals surface area contributed by atoms with Crippen molar-refractivity contribution in [1.82, 2.24) is 10.6 Å². The van der Waals surface area contributed by atoms with Gasteiger partial charge < -0.3 is 20.6 Å². The van der Waals surface area contributed by atoms with Gasteiger partial charge in [-0.15, -0.1) is 0 Å². The molecule has 0 bridgehead atoms. The van der Waals surface area contributed by atoms with Gasteiger partial charge in [-0.2, -0.15) is 0 Å². The van der Waals surface area contributed by atoms with E-state index in [0.29, 0.717) is 22.5 Å². The molecule has 2 aromatic rings. The fraction of sp³-hybridized carbons (Fsp3) is 0.200. The van der Waals surface area contributed by atoms with Gasteiger partial charge in [0, 0.05) is 18.2 Å². The average molecular weight is 398 g/mol. The topological polar surface area (TPSA) is 111 Å². The van der Waals surface area contributed by atoms with Gasteiger partial charge in [0.15, 0.2) is 0 Å². The number of aliphatic imine (C=N–C) groups is 1. The van der Waals surface area contributed by atoms with E-state index in [2.05, 4.69) is 10.3 Å². The Kier molecular flexibility index (Phi) is 5.58. The van der Waals surface area contributed by atoms with Crippen LogP contribution in [0.3, 0.4) is 0 Å². The van der Waals surface area contributed by atoms with E-state index in [0.717, 1.165) is 0 Å². The Labute approximate surface area is 166 Å². The first kappa shape index (κ1) is 20.0. The van der Waals surface area contributed by atoms with Crippen molar-refractivity contribution in [2.45, 2.75) is 19.1 Å². The van der Waals surface area contributed by atoms with Gasteiger partial charge >= 0.3 is 6.09 Å². The van der Waals surface area contributed by atoms with Gasteiger partial charge in [-0.05, 0) is 37.3 Å². The third kappa shape index (κ3) is 4.23. The number of fused-ring (bicyclic) bond motifs is 1. The molecule has 1 aliphatic rings. The molecule has 2 atom stereocenters. The number of nitrogens with zero attached hydrogens (tertiary/aromatic N) is 2. The standard InChI is InChI=1S/C20H19FN4O4/c1-11(22-20(28)29)18(26)24-17-19(27)25(2)15-6-4-3-5-14(15)16(23-17)12-7-9-13(21)10-8-12/h3-11,17,22H,1-2H3,(H,24,26)(H,28,29). The molecule has 9 heteroatoms. The van der Waals surface area contributed by atoms with Crippen LogP contribution in [-0.4, -0.2) is 48.0 Å². The lowest BCUT2D eigenvalue weighted by atomic mass is 10.0. The van der Waals surface area contributed by atoms with Crippen molar-refractivity contribution in [1.29, 1.82) is 0 Å². The molecule has 0 aliphatic carbocycles. The molecular formula is C20H19FN4O4. The maximum Gasteiger partial charge on any atom is 0.405 e. The summed E-state index contributed by atoms with van der Waals surface area (Å²) in [5.41, 5.74) is 2.19. The lowest BCUT2D eigenvalue weighted by Gasteiger charge is -2.21. The van der Waals surface area contributed by atoms with Crippen molar-refractivity contribution in [2.75, 3.05) is 11.9 Å². The molecule has 0 spiro atoms. The van der Waals surface area contributed by atoms with Crippen LogP contribution in [0.5, 0.6) is 0 Å². The summed E-state index contributed by atoms with van der Waals surface area (Å²) < 4.78 is 13.4. The van der Waals surface area contributed by atoms with E-state index in [1.54, 1.807) is 31.3 Å². The number of hydrogen-bond donors (Lipinski definition) is 3. The van der Waals surface area contributed by atoms with E-state index in [9.17, 15) is 18.8 Å². The number of halogens is 1. The van der Waals surface area contributed by atoms with Crippen LogP contribution in [0.2, 0.25) is 0 Å². The van der Waals surface area contributed by atoms with Gasteiger partial charge in [0.05, 0.1) is 11.4 Å². The van der Waals surface area contributed by atoms with E-state index >= 15 is 0 Å². The molecule has 2 unspecified atom stereocenters. The Balaban J connectivity index is 2.04. The summed E-state index contributed by atoms with van der Waals surface area (Å²) in [5.74, 6) is -1.61. The summed E-state index contributed by atoms with van der Waals surface area (Å²) in [6.45, 7) is 1.35. The monoisotopic (exact) mass is 398 g/mol. The Morgan fingerprint density at radius 1 is 1.17 bits per heavy atom. The van der Waals surface area contributed by atoms with E-state index in [4.69, 9.17) is 5.11 Å². The number of benzene rings is 2. The number of carbonyl (C=O) groups is 3. The number of nitrogens with one attached hydrogen (secondary N) is 2. The van der Waals surface area contributed by atoms with Crippen molar-refractivity contribution in [3.63, 3.8) is 0 Å². The zero-order valence-electron chi connectivity index (χ0n) is 15.7. The highest BCUT2D eigenvalue weighted by molar-refractivity contribution is 6.20. The SMILES string of the molecule is CC(NC(=O)O)C(=O)NC1N=C(c2ccc(F)cc2)c2ccccc2N(C)C1=O. The van der Waals surface area contributed by atoms with Gasteiger partial charge in [0.2, 0.25) is 12.1 Å². The van der Waals surface area contributed by atoms with Crippen LogP contribution in [0.15, 0.2) is 53.5 Å². The van der Waals surface area contributed by atoms with Crippen molar-refractivity contribution in [2.24, 2.45) is 4.99 Å². The van der Waals surface area contributed by atoms with E-state index in [-0.39, 0.29) is 0 Å². The third-order valence-electron chi connectivity index (χ3n) is 4.47. The Hall–Kier alpha value is -3.75. The predicted molar refractivity (Wildman–Crippen MR) is 104 cm³/mol. The maximum atomic E-state index is 13.4. The van der Waals surface area contributed by atoms with Crippen molar-refractivity contribution < 1.29 is 23.9 Å². The maximum absolute atomic E-state index is 13.4. The normalized spacial score (nSPS) is 16.9. The van der Waals surface area contributed by atoms with Crippen LogP contribution < -0.4 is 15.5 Å². The molecule has 0 radical (unpaired) electrons. The molecule has 3 rings (SSSR count). The van der Waals surface area contributed by atoms with Gasteiger partial charge in [-0.3, -0.25) is 9.59 Å². The zero-order chi connectivity index (χ0) is 21.1. The molecule has 8 nitrogen and oxygen atoms in total. The van der Waals surface area contributed by atoms with Crippen LogP contribution in [0.25, 0.3) is 0 Å². The largest absolute Gasteiger partial charge is 0.465 e. The van der Waals surface area contributed by atoms with E-state index in [1.165, 1.54) is 36.1 Å². The molecule has 0 fully saturated rings. The van der Waals surface area contributed by atoms with Crippen LogP contribution >= 0.6 is 0 Å². The number of likely N-dealkylation sites (N-methyl/N-ethyl adjacent to an activating group) is 1. The van der Waals surface area contributed by atoms with Gasteiger partial charge in [-0.25, -0.2) is 14.2 Å². The van der Waals surface area contributed by atoms with Crippen molar-refractivity contribution in [3.8, 4) is 0 Å². The number of benzodiazepines with no additional fused rings is 1. The second kappa shape index (κ2) is 8.09. The first-order valence-electron chi connectivity index (χ1n) is 8.78. The Bertz CT molecular complexity index is 990. The lowest BCUT2D eigenvalue weighted by molar-refractivity contribution is -0.128. The van der Waals surface area contributed by atoms with Crippen molar-refractivity contribution >= 4 is 29.3 Å². The summed E-state index contributed by atoms with van der Waals surface area (Å²) in [5, 5.41) is 13.3. The number of hydrogen-bond acceptors (Lipinski definition) is 4. The number of carbonyl (C=O) groups excluding carboxylic acids is 2. The van der Waals surface area contributed by atoms with Crippen LogP contribution in [0.4, 0.5) is 14.9 Å². The summed E-state index contributed by atoms with van der Waals surface area (Å²) in [6.07, 6.45) is -2.64. The van der Waals surface area contributed by atoms with Crippen LogP contribution in [-0.2, 0) is 9.59 Å². The Morgan fingerprint density at radius 2 is 1.83 bits per heavy atom. The minimum absolute atomic E-state index is 0.405. The molecule has 1 heterocycles. The number of para-hydroxylation sites is 1. The summed E-state index contributed by atoms with van der Waals surface area (Å²) in [4.78, 5) is 41.9. The number of rotatable bonds is 4. The molecule has 3 amide bonds. The first-order valence-corrected chi connectivity index (χ1v) is 8.78. The van der Waals surface area contributed by atoms with Crippen LogP contribution in [0, 0.1) is 5.82 Å². The van der Waals surface area contributed by atoms with E-state index in [1.807, 2.05) is 5.32 Å².